The number of benzene rings is 1. The molecule has 1 aromatic carbocycles. The summed E-state index contributed by atoms with van der Waals surface area (Å²) < 4.78 is 5.33. The van der Waals surface area contributed by atoms with Gasteiger partial charge in [0, 0.05) is 13.0 Å². The minimum Gasteiger partial charge on any atom is -0.479 e. The van der Waals surface area contributed by atoms with E-state index >= 15 is 0 Å². The van der Waals surface area contributed by atoms with Gasteiger partial charge in [-0.1, -0.05) is 45.0 Å². The molecular weight excluding hydrogens is 228 g/mol. The van der Waals surface area contributed by atoms with Crippen molar-refractivity contribution in [1.29, 1.82) is 0 Å². The average molecular weight is 250 g/mol. The monoisotopic (exact) mass is 250 g/mol. The minimum atomic E-state index is -0.892. The molecule has 0 aliphatic carbocycles. The van der Waals surface area contributed by atoms with Gasteiger partial charge in [-0.2, -0.15) is 0 Å². The zero-order valence-electron chi connectivity index (χ0n) is 11.3. The molecule has 0 unspecified atom stereocenters. The highest BCUT2D eigenvalue weighted by atomic mass is 16.5. The first-order chi connectivity index (χ1) is 8.54. The summed E-state index contributed by atoms with van der Waals surface area (Å²) in [5, 5.41) is 9.08. The third-order valence-electron chi connectivity index (χ3n) is 2.87. The third kappa shape index (κ3) is 4.49. The molecule has 0 aliphatic heterocycles. The molecule has 100 valence electrons. The van der Waals surface area contributed by atoms with Crippen LogP contribution >= 0.6 is 0 Å². The van der Waals surface area contributed by atoms with Crippen molar-refractivity contribution < 1.29 is 14.6 Å². The summed E-state index contributed by atoms with van der Waals surface area (Å²) >= 11 is 0. The van der Waals surface area contributed by atoms with Crippen molar-refractivity contribution in [2.24, 2.45) is 0 Å². The molecule has 0 aromatic heterocycles. The summed E-state index contributed by atoms with van der Waals surface area (Å²) in [6, 6.07) is 8.08. The summed E-state index contributed by atoms with van der Waals surface area (Å²) in [6.45, 7) is 6.73. The van der Waals surface area contributed by atoms with Crippen molar-refractivity contribution in [1.82, 2.24) is 0 Å². The number of carbonyl (C=O) groups is 1. The molecule has 0 radical (unpaired) electrons. The molecule has 0 aliphatic rings. The number of rotatable bonds is 7. The standard InChI is InChI=1S/C15H22O3/c1-4-9-18-14(15(16)17)10-12-5-7-13(8-6-12)11(2)3/h5-8,11,14H,4,9-10H2,1-3H3,(H,16,17)/t14-/m1/s1. The van der Waals surface area contributed by atoms with E-state index in [4.69, 9.17) is 9.84 Å². The highest BCUT2D eigenvalue weighted by Crippen LogP contribution is 2.16. The van der Waals surface area contributed by atoms with Gasteiger partial charge in [0.2, 0.25) is 0 Å². The lowest BCUT2D eigenvalue weighted by molar-refractivity contribution is -0.150. The van der Waals surface area contributed by atoms with Gasteiger partial charge in [0.1, 0.15) is 0 Å². The molecule has 0 saturated heterocycles. The minimum absolute atomic E-state index is 0.424. The maximum absolute atomic E-state index is 11.1. The lowest BCUT2D eigenvalue weighted by Gasteiger charge is -2.14. The highest BCUT2D eigenvalue weighted by Gasteiger charge is 2.18. The van der Waals surface area contributed by atoms with Gasteiger partial charge < -0.3 is 9.84 Å². The summed E-state index contributed by atoms with van der Waals surface area (Å²) in [5.74, 6) is -0.401. The second-order valence-electron chi connectivity index (χ2n) is 4.80. The van der Waals surface area contributed by atoms with Crippen LogP contribution in [0.15, 0.2) is 24.3 Å². The van der Waals surface area contributed by atoms with Gasteiger partial charge in [0.25, 0.3) is 0 Å². The van der Waals surface area contributed by atoms with Gasteiger partial charge in [-0.15, -0.1) is 0 Å². The molecule has 1 rings (SSSR count). The Morgan fingerprint density at radius 2 is 1.89 bits per heavy atom. The van der Waals surface area contributed by atoms with E-state index in [1.807, 2.05) is 19.1 Å². The van der Waals surface area contributed by atoms with Gasteiger partial charge in [0.15, 0.2) is 6.10 Å². The van der Waals surface area contributed by atoms with Gasteiger partial charge in [-0.25, -0.2) is 4.79 Å². The predicted molar refractivity (Wildman–Crippen MR) is 71.9 cm³/mol. The third-order valence-corrected chi connectivity index (χ3v) is 2.87. The van der Waals surface area contributed by atoms with E-state index in [2.05, 4.69) is 26.0 Å². The van der Waals surface area contributed by atoms with Gasteiger partial charge in [0.05, 0.1) is 0 Å². The Kier molecular flexibility index (Phi) is 5.86. The molecule has 1 atom stereocenters. The van der Waals surface area contributed by atoms with Crippen LogP contribution in [0, 0.1) is 0 Å². The van der Waals surface area contributed by atoms with Gasteiger partial charge in [-0.05, 0) is 23.5 Å². The summed E-state index contributed by atoms with van der Waals surface area (Å²) in [7, 11) is 0. The largest absolute Gasteiger partial charge is 0.479 e. The van der Waals surface area contributed by atoms with Crippen LogP contribution in [-0.4, -0.2) is 23.8 Å². The molecule has 1 N–H and O–H groups in total. The van der Waals surface area contributed by atoms with Crippen LogP contribution in [0.5, 0.6) is 0 Å². The Hall–Kier alpha value is -1.35. The zero-order chi connectivity index (χ0) is 13.5. The Bertz CT molecular complexity index is 368. The number of carboxylic acid groups (broad SMARTS) is 1. The molecular formula is C15H22O3. The Labute approximate surface area is 109 Å². The fourth-order valence-corrected chi connectivity index (χ4v) is 1.73. The molecule has 0 saturated carbocycles. The van der Waals surface area contributed by atoms with Gasteiger partial charge in [-0.3, -0.25) is 0 Å². The number of hydrogen-bond donors (Lipinski definition) is 1. The maximum atomic E-state index is 11.1. The number of aliphatic carboxylic acids is 1. The maximum Gasteiger partial charge on any atom is 0.333 e. The van der Waals surface area contributed by atoms with E-state index in [0.717, 1.165) is 12.0 Å². The van der Waals surface area contributed by atoms with Crippen LogP contribution in [0.3, 0.4) is 0 Å². The fourth-order valence-electron chi connectivity index (χ4n) is 1.73. The Balaban J connectivity index is 2.66. The summed E-state index contributed by atoms with van der Waals surface area (Å²) in [4.78, 5) is 11.1. The fraction of sp³-hybridized carbons (Fsp3) is 0.533. The van der Waals surface area contributed by atoms with Crippen molar-refractivity contribution in [3.63, 3.8) is 0 Å². The molecule has 1 aromatic rings. The number of ether oxygens (including phenoxy) is 1. The molecule has 3 heteroatoms. The predicted octanol–water partition coefficient (Wildman–Crippen LogP) is 3.23. The Morgan fingerprint density at radius 1 is 1.28 bits per heavy atom. The van der Waals surface area contributed by atoms with Crippen LogP contribution in [0.25, 0.3) is 0 Å². The quantitative estimate of drug-likeness (QED) is 0.808. The molecule has 18 heavy (non-hydrogen) atoms. The van der Waals surface area contributed by atoms with Crippen molar-refractivity contribution in [2.45, 2.75) is 45.6 Å². The molecule has 0 amide bonds. The van der Waals surface area contributed by atoms with Crippen LogP contribution in [-0.2, 0) is 16.0 Å². The molecule has 0 bridgehead atoms. The second-order valence-corrected chi connectivity index (χ2v) is 4.80. The van der Waals surface area contributed by atoms with Crippen LogP contribution < -0.4 is 0 Å². The number of carboxylic acids is 1. The first kappa shape index (κ1) is 14.7. The van der Waals surface area contributed by atoms with Crippen molar-refractivity contribution in [3.05, 3.63) is 35.4 Å². The lowest BCUT2D eigenvalue weighted by Crippen LogP contribution is -2.26. The molecule has 0 fully saturated rings. The van der Waals surface area contributed by atoms with Gasteiger partial charge >= 0.3 is 5.97 Å². The van der Waals surface area contributed by atoms with E-state index < -0.39 is 12.1 Å². The molecule has 0 heterocycles. The second kappa shape index (κ2) is 7.17. The van der Waals surface area contributed by atoms with E-state index in [1.165, 1.54) is 5.56 Å². The summed E-state index contributed by atoms with van der Waals surface area (Å²) in [5.41, 5.74) is 2.27. The first-order valence-corrected chi connectivity index (χ1v) is 6.47. The smallest absolute Gasteiger partial charge is 0.333 e. The van der Waals surface area contributed by atoms with Crippen molar-refractivity contribution in [3.8, 4) is 0 Å². The van der Waals surface area contributed by atoms with E-state index in [1.54, 1.807) is 0 Å². The van der Waals surface area contributed by atoms with Crippen LogP contribution in [0.4, 0.5) is 0 Å². The SMILES string of the molecule is CCCO[C@H](Cc1ccc(C(C)C)cc1)C(=O)O. The Morgan fingerprint density at radius 3 is 2.33 bits per heavy atom. The van der Waals surface area contributed by atoms with Crippen molar-refractivity contribution in [2.75, 3.05) is 6.61 Å². The molecule has 3 nitrogen and oxygen atoms in total. The summed E-state index contributed by atoms with van der Waals surface area (Å²) in [6.07, 6.45) is 0.513. The van der Waals surface area contributed by atoms with E-state index in [0.29, 0.717) is 18.9 Å². The van der Waals surface area contributed by atoms with Crippen molar-refractivity contribution >= 4 is 5.97 Å². The van der Waals surface area contributed by atoms with E-state index in [-0.39, 0.29) is 0 Å². The van der Waals surface area contributed by atoms with Crippen LogP contribution in [0.1, 0.15) is 44.2 Å². The number of hydrogen-bond acceptors (Lipinski definition) is 2. The zero-order valence-corrected chi connectivity index (χ0v) is 11.3. The van der Waals surface area contributed by atoms with E-state index in [9.17, 15) is 4.79 Å². The first-order valence-electron chi connectivity index (χ1n) is 6.47. The normalized spacial score (nSPS) is 12.7. The average Bonchev–Trinajstić information content (AvgIpc) is 2.34. The highest BCUT2D eigenvalue weighted by molar-refractivity contribution is 5.72. The van der Waals surface area contributed by atoms with Crippen LogP contribution in [0.2, 0.25) is 0 Å². The topological polar surface area (TPSA) is 46.5 Å². The lowest BCUT2D eigenvalue weighted by atomic mass is 10.00. The molecule has 0 spiro atoms.